The molecule has 0 unspecified atom stereocenters. The SMILES string of the molecule is CC(C)NC(=O)N(C)C[C@@H]1Oc2ccc(NC(=O)NC3CCCCC3)cc2CC(=O)N([C@H](C)CO)C[C@H]1C. The second-order valence-electron chi connectivity index (χ2n) is 11.1. The van der Waals surface area contributed by atoms with Crippen LogP contribution >= 0.6 is 0 Å². The first kappa shape index (κ1) is 29.5. The zero-order valence-electron chi connectivity index (χ0n) is 23.5. The molecule has 1 aliphatic carbocycles. The van der Waals surface area contributed by atoms with E-state index < -0.39 is 6.10 Å². The van der Waals surface area contributed by atoms with Gasteiger partial charge in [0.1, 0.15) is 11.9 Å². The van der Waals surface area contributed by atoms with Gasteiger partial charge in [0, 0.05) is 42.8 Å². The van der Waals surface area contributed by atoms with Crippen LogP contribution in [0.3, 0.4) is 0 Å². The van der Waals surface area contributed by atoms with Gasteiger partial charge in [0.2, 0.25) is 5.91 Å². The molecule has 1 heterocycles. The molecule has 2 aliphatic rings. The van der Waals surface area contributed by atoms with Gasteiger partial charge in [-0.1, -0.05) is 26.2 Å². The summed E-state index contributed by atoms with van der Waals surface area (Å²) in [6, 6.07) is 4.69. The predicted molar refractivity (Wildman–Crippen MR) is 147 cm³/mol. The van der Waals surface area contributed by atoms with Crippen molar-refractivity contribution in [1.29, 1.82) is 0 Å². The highest BCUT2D eigenvalue weighted by atomic mass is 16.5. The lowest BCUT2D eigenvalue weighted by Crippen LogP contribution is -2.49. The van der Waals surface area contributed by atoms with Crippen molar-refractivity contribution in [1.82, 2.24) is 20.4 Å². The van der Waals surface area contributed by atoms with E-state index in [1.165, 1.54) is 6.42 Å². The smallest absolute Gasteiger partial charge is 0.319 e. The van der Waals surface area contributed by atoms with E-state index >= 15 is 0 Å². The number of ether oxygens (including phenoxy) is 1. The summed E-state index contributed by atoms with van der Waals surface area (Å²) < 4.78 is 6.46. The quantitative estimate of drug-likeness (QED) is 0.430. The Morgan fingerprint density at radius 2 is 1.89 bits per heavy atom. The summed E-state index contributed by atoms with van der Waals surface area (Å²) >= 11 is 0. The largest absolute Gasteiger partial charge is 0.488 e. The molecule has 212 valence electrons. The number of likely N-dealkylation sites (N-methyl/N-ethyl adjacent to an activating group) is 1. The summed E-state index contributed by atoms with van der Waals surface area (Å²) in [5, 5.41) is 18.7. The van der Waals surface area contributed by atoms with E-state index in [0.29, 0.717) is 30.1 Å². The maximum atomic E-state index is 13.4. The maximum Gasteiger partial charge on any atom is 0.319 e. The zero-order chi connectivity index (χ0) is 27.8. The highest BCUT2D eigenvalue weighted by Gasteiger charge is 2.32. The molecule has 0 saturated heterocycles. The van der Waals surface area contributed by atoms with Crippen LogP contribution in [0, 0.1) is 5.92 Å². The van der Waals surface area contributed by atoms with Gasteiger partial charge in [-0.15, -0.1) is 0 Å². The molecule has 1 aliphatic heterocycles. The van der Waals surface area contributed by atoms with Gasteiger partial charge < -0.3 is 35.6 Å². The monoisotopic (exact) mass is 531 g/mol. The third-order valence-electron chi connectivity index (χ3n) is 7.33. The molecule has 1 fully saturated rings. The van der Waals surface area contributed by atoms with Crippen molar-refractivity contribution in [3.05, 3.63) is 23.8 Å². The van der Waals surface area contributed by atoms with Gasteiger partial charge >= 0.3 is 12.1 Å². The van der Waals surface area contributed by atoms with Crippen LogP contribution in [-0.2, 0) is 11.2 Å². The molecule has 1 aromatic rings. The Morgan fingerprint density at radius 3 is 2.55 bits per heavy atom. The van der Waals surface area contributed by atoms with Crippen LogP contribution in [0.2, 0.25) is 0 Å². The summed E-state index contributed by atoms with van der Waals surface area (Å²) in [5.74, 6) is 0.301. The summed E-state index contributed by atoms with van der Waals surface area (Å²) in [6.45, 7) is 8.15. The molecule has 0 aromatic heterocycles. The number of amides is 5. The Morgan fingerprint density at radius 1 is 1.18 bits per heavy atom. The first-order valence-corrected chi connectivity index (χ1v) is 13.9. The summed E-state index contributed by atoms with van der Waals surface area (Å²) in [7, 11) is 1.72. The van der Waals surface area contributed by atoms with Gasteiger partial charge in [0.15, 0.2) is 0 Å². The number of aliphatic hydroxyl groups excluding tert-OH is 1. The molecule has 0 radical (unpaired) electrons. The molecule has 5 amide bonds. The molecular formula is C28H45N5O5. The van der Waals surface area contributed by atoms with E-state index in [-0.39, 0.29) is 55.0 Å². The van der Waals surface area contributed by atoms with Crippen molar-refractivity contribution in [2.45, 2.75) is 90.4 Å². The molecule has 1 aromatic carbocycles. The van der Waals surface area contributed by atoms with Gasteiger partial charge in [0.25, 0.3) is 0 Å². The van der Waals surface area contributed by atoms with Crippen LogP contribution in [0.5, 0.6) is 5.75 Å². The van der Waals surface area contributed by atoms with Crippen molar-refractivity contribution < 1.29 is 24.2 Å². The van der Waals surface area contributed by atoms with Gasteiger partial charge in [-0.25, -0.2) is 9.59 Å². The number of carbonyl (C=O) groups is 3. The number of hydrogen-bond donors (Lipinski definition) is 4. The molecule has 0 spiro atoms. The third kappa shape index (κ3) is 8.24. The number of rotatable bonds is 7. The number of carbonyl (C=O) groups excluding carboxylic acids is 3. The molecule has 38 heavy (non-hydrogen) atoms. The van der Waals surface area contributed by atoms with Gasteiger partial charge in [-0.3, -0.25) is 4.79 Å². The van der Waals surface area contributed by atoms with Crippen molar-refractivity contribution in [2.24, 2.45) is 5.92 Å². The van der Waals surface area contributed by atoms with Crippen LogP contribution in [0.15, 0.2) is 18.2 Å². The minimum Gasteiger partial charge on any atom is -0.488 e. The Balaban J connectivity index is 1.83. The molecular weight excluding hydrogens is 486 g/mol. The molecule has 10 nitrogen and oxygen atoms in total. The number of nitrogens with zero attached hydrogens (tertiary/aromatic N) is 2. The molecule has 3 rings (SSSR count). The van der Waals surface area contributed by atoms with Crippen LogP contribution in [0.4, 0.5) is 15.3 Å². The standard InChI is InChI=1S/C28H45N5O5/c1-18(2)29-28(37)32(5)16-25-19(3)15-33(20(4)17-34)26(35)14-21-13-23(11-12-24(21)38-25)31-27(36)30-22-9-7-6-8-10-22/h11-13,18-20,22,25,34H,6-10,14-17H2,1-5H3,(H,29,37)(H2,30,31,36)/t19-,20-,25+/m1/s1. The van der Waals surface area contributed by atoms with Crippen molar-refractivity contribution >= 4 is 23.7 Å². The minimum atomic E-state index is -0.399. The topological polar surface area (TPSA) is 123 Å². The predicted octanol–water partition coefficient (Wildman–Crippen LogP) is 3.34. The van der Waals surface area contributed by atoms with E-state index in [2.05, 4.69) is 16.0 Å². The summed E-state index contributed by atoms with van der Waals surface area (Å²) in [4.78, 5) is 41.8. The first-order valence-electron chi connectivity index (χ1n) is 13.9. The highest BCUT2D eigenvalue weighted by molar-refractivity contribution is 5.90. The summed E-state index contributed by atoms with van der Waals surface area (Å²) in [6.07, 6.45) is 5.11. The Labute approximate surface area is 226 Å². The molecule has 10 heteroatoms. The number of urea groups is 2. The normalized spacial score (nSPS) is 21.3. The van der Waals surface area contributed by atoms with E-state index in [0.717, 1.165) is 25.7 Å². The van der Waals surface area contributed by atoms with Gasteiger partial charge in [-0.2, -0.15) is 0 Å². The van der Waals surface area contributed by atoms with Crippen LogP contribution in [0.25, 0.3) is 0 Å². The number of fused-ring (bicyclic) bond motifs is 1. The van der Waals surface area contributed by atoms with Gasteiger partial charge in [-0.05, 0) is 51.8 Å². The van der Waals surface area contributed by atoms with Crippen molar-refractivity contribution in [2.75, 3.05) is 32.1 Å². The Bertz CT molecular complexity index is 965. The average Bonchev–Trinajstić information content (AvgIpc) is 2.91. The second-order valence-corrected chi connectivity index (χ2v) is 11.1. The zero-order valence-corrected chi connectivity index (χ0v) is 23.5. The second kappa shape index (κ2) is 13.7. The number of benzene rings is 1. The highest BCUT2D eigenvalue weighted by Crippen LogP contribution is 2.29. The molecule has 4 N–H and O–H groups in total. The van der Waals surface area contributed by atoms with E-state index in [9.17, 15) is 19.5 Å². The van der Waals surface area contributed by atoms with Gasteiger partial charge in [0.05, 0.1) is 25.6 Å². The van der Waals surface area contributed by atoms with Crippen molar-refractivity contribution in [3.63, 3.8) is 0 Å². The number of aliphatic hydroxyl groups is 1. The molecule has 3 atom stereocenters. The Kier molecular flexibility index (Phi) is 10.6. The Hall–Kier alpha value is -3.01. The van der Waals surface area contributed by atoms with Crippen molar-refractivity contribution in [3.8, 4) is 5.75 Å². The summed E-state index contributed by atoms with van der Waals surface area (Å²) in [5.41, 5.74) is 1.22. The number of nitrogens with one attached hydrogen (secondary N) is 3. The fourth-order valence-electron chi connectivity index (χ4n) is 5.03. The van der Waals surface area contributed by atoms with E-state index in [1.54, 1.807) is 35.0 Å². The molecule has 0 bridgehead atoms. The third-order valence-corrected chi connectivity index (χ3v) is 7.33. The van der Waals surface area contributed by atoms with E-state index in [4.69, 9.17) is 4.74 Å². The lowest BCUT2D eigenvalue weighted by atomic mass is 9.96. The lowest BCUT2D eigenvalue weighted by molar-refractivity contribution is -0.134. The van der Waals surface area contributed by atoms with E-state index in [1.807, 2.05) is 27.7 Å². The average molecular weight is 532 g/mol. The number of anilines is 1. The van der Waals surface area contributed by atoms with Crippen LogP contribution < -0.4 is 20.7 Å². The maximum absolute atomic E-state index is 13.4. The van der Waals surface area contributed by atoms with Crippen LogP contribution in [-0.4, -0.2) is 83.8 Å². The van der Waals surface area contributed by atoms with Crippen LogP contribution in [0.1, 0.15) is 65.4 Å². The number of hydrogen-bond acceptors (Lipinski definition) is 5. The first-order chi connectivity index (χ1) is 18.1. The fourth-order valence-corrected chi connectivity index (χ4v) is 5.03. The lowest BCUT2D eigenvalue weighted by Gasteiger charge is -2.34. The fraction of sp³-hybridized carbons (Fsp3) is 0.679. The molecule has 1 saturated carbocycles. The minimum absolute atomic E-state index is 0.00398.